The van der Waals surface area contributed by atoms with Crippen LogP contribution in [0, 0.1) is 28.6 Å². The zero-order valence-electron chi connectivity index (χ0n) is 72.1. The van der Waals surface area contributed by atoms with E-state index in [1.54, 1.807) is 23.9 Å². The smallest absolute Gasteiger partial charge is 0.870 e. The van der Waals surface area contributed by atoms with Crippen molar-refractivity contribution in [1.82, 2.24) is 5.32 Å². The summed E-state index contributed by atoms with van der Waals surface area (Å²) in [7, 11) is 6.22. The molecule has 0 radical (unpaired) electrons. The van der Waals surface area contributed by atoms with Crippen LogP contribution in [-0.2, 0) is 52.5 Å². The van der Waals surface area contributed by atoms with Crippen LogP contribution < -0.4 is 39.7 Å². The molecule has 7 N–H and O–H groups in total. The molecule has 21 nitrogen and oxygen atoms in total. The average molecular weight is 1690 g/mol. The number of fused-ring (bicyclic) bond motifs is 2. The maximum absolute atomic E-state index is 13.7. The maximum atomic E-state index is 13.7. The molecule has 4 aromatic carbocycles. The number of aliphatic imine (C=N–C) groups is 2. The second-order valence-electron chi connectivity index (χ2n) is 33.3. The van der Waals surface area contributed by atoms with E-state index in [0.29, 0.717) is 56.8 Å². The van der Waals surface area contributed by atoms with Gasteiger partial charge in [0.1, 0.15) is 6.10 Å². The predicted molar refractivity (Wildman–Crippen MR) is 468 cm³/mol. The summed E-state index contributed by atoms with van der Waals surface area (Å²) in [5.74, 6) is 6.86. The second kappa shape index (κ2) is 55.0. The number of rotatable bonds is 21. The minimum atomic E-state index is -1.16. The molecular weight excluding hydrogens is 1540 g/mol. The summed E-state index contributed by atoms with van der Waals surface area (Å²) in [5, 5.41) is 33.4. The molecule has 3 heterocycles. The standard InChI is InChI=1S/C28H35N3O3.C16H15N3O.C12H22O3.C12H20O2.C7H12O3.C7H12O2.C6H13Br.CH4.3CH3.Al.Li.H2O/c1-3-12-21(32)19-28(17-10-5-11-18-28)27(34)30-25-26(33)31(2)23-16-9-8-15-22(23)24(29-25)20-13-6-4-7-14-20;1-19-13-10-6-5-9-12(13)14(18-15(17)16(19)20)11-7-3-2-4-8-11;1-10(2)6-5-9-15-12(11(13)14)7-3-4-8-12;1-2-6-10-9-12(11(13)14-10)7-4-3-5-8-12;1-10-6(8)7(9)4-2-3-5-7;1-9-7(8)6-4-2-3-5-6;1-6(2)4-3-5-7;;;;;;;/h4,6-9,13-16,21,25,32H,3,5,10-12,17-19H2,1-2H3,(H,30,34);2-10,15H,17H2,1H3;10H,3-9H2,1-2H3,(H,13,14);10H,2-9H2,1H3;9H,2-5H2,1H3;6H,2-5H2,1H3;6H,3-5H2,1-2H3;1H4;3*1H3;;;1H2/q;;;;;;;;;;;;+1;/p-1. The number of aliphatic carboxylic acids is 1. The van der Waals surface area contributed by atoms with Gasteiger partial charge in [-0.05, 0) is 152 Å². The van der Waals surface area contributed by atoms with Crippen LogP contribution in [-0.4, -0.2) is 164 Å². The molecular formula is C92H143AlBrLiN6O15. The van der Waals surface area contributed by atoms with Crippen LogP contribution in [0.1, 0.15) is 277 Å². The van der Waals surface area contributed by atoms with Crippen molar-refractivity contribution in [1.29, 1.82) is 0 Å². The number of carbonyl (C=O) groups is 7. The Kier molecular flexibility index (Phi) is 50.2. The van der Waals surface area contributed by atoms with Gasteiger partial charge in [0.2, 0.25) is 12.1 Å². The predicted octanol–water partition coefficient (Wildman–Crippen LogP) is 15.6. The number of nitrogens with zero attached hydrogens (tertiary/aromatic N) is 4. The molecule has 3 amide bonds. The number of methoxy groups -OCH3 is 2. The zero-order chi connectivity index (χ0) is 83.2. The van der Waals surface area contributed by atoms with Crippen molar-refractivity contribution in [2.75, 3.05) is 50.1 Å². The SMILES string of the molecule is C.CC(C)CCCBr.CC(C)CCCOC1(C(=O)O)CCCC1.CCCC(O)CC1(C(=O)NC2N=C(c3ccccc3)c3ccccc3N(C)C2=O)CCCCC1.CCCC1CC2(CCCCC2)C(=O)O1.CN1C(=O)C(N)N=C(c2ccccc2)c2ccccc21.COC(=O)C1(O)CCCC1.COC(=O)C1CCCC1.[CH3][Al]([CH3])[CH3].[Li+].[OH-]. The molecule has 12 rings (SSSR count). The Morgan fingerprint density at radius 2 is 1.09 bits per heavy atom. The molecule has 1 saturated heterocycles. The summed E-state index contributed by atoms with van der Waals surface area (Å²) >= 11 is 3.24. The summed E-state index contributed by atoms with van der Waals surface area (Å²) in [6.07, 6.45) is 28.8. The molecule has 0 aromatic heterocycles. The van der Waals surface area contributed by atoms with Gasteiger partial charge in [0.15, 0.2) is 17.4 Å². The van der Waals surface area contributed by atoms with E-state index in [2.05, 4.69) is 87.7 Å². The van der Waals surface area contributed by atoms with Crippen LogP contribution in [0.4, 0.5) is 11.4 Å². The minimum absolute atomic E-state index is 0. The van der Waals surface area contributed by atoms with Gasteiger partial charge in [-0.2, -0.15) is 0 Å². The van der Waals surface area contributed by atoms with Crippen molar-refractivity contribution in [3.8, 4) is 0 Å². The number of ether oxygens (including phenoxy) is 4. The number of hydrogen-bond donors (Lipinski definition) is 5. The van der Waals surface area contributed by atoms with E-state index in [9.17, 15) is 43.8 Å². The molecule has 4 aromatic rings. The Morgan fingerprint density at radius 1 is 0.638 bits per heavy atom. The fraction of sp³-hybridized carbons (Fsp3) is 0.641. The van der Waals surface area contributed by atoms with E-state index in [-0.39, 0.29) is 93.0 Å². The van der Waals surface area contributed by atoms with Gasteiger partial charge < -0.3 is 60.6 Å². The van der Waals surface area contributed by atoms with Crippen LogP contribution in [0.5, 0.6) is 0 Å². The van der Waals surface area contributed by atoms with Crippen LogP contribution in [0.2, 0.25) is 17.4 Å². The number of nitrogens with two attached hydrogens (primary N) is 1. The van der Waals surface area contributed by atoms with Crippen LogP contribution in [0.25, 0.3) is 0 Å². The largest absolute Gasteiger partial charge is 1.00 e. The molecule has 642 valence electrons. The number of amides is 3. The molecule has 5 saturated carbocycles. The first-order valence-corrected chi connectivity index (χ1v) is 46.9. The minimum Gasteiger partial charge on any atom is -0.870 e. The first-order chi connectivity index (χ1) is 54.0. The number of benzodiazepines with no additional fused rings is 2. The molecule has 3 aliphatic heterocycles. The number of carbonyl (C=O) groups excluding carboxylic acids is 6. The number of likely N-dealkylation sites (N-methyl/N-ethyl adjacent to an activating group) is 2. The van der Waals surface area contributed by atoms with Crippen molar-refractivity contribution in [2.45, 2.75) is 308 Å². The number of anilines is 2. The molecule has 1 spiro atoms. The van der Waals surface area contributed by atoms with E-state index in [1.165, 1.54) is 59.2 Å². The third-order valence-electron chi connectivity index (χ3n) is 22.3. The van der Waals surface area contributed by atoms with Gasteiger partial charge in [-0.1, -0.05) is 233 Å². The number of nitrogens with one attached hydrogen (secondary N) is 1. The fourth-order valence-electron chi connectivity index (χ4n) is 16.0. The van der Waals surface area contributed by atoms with Crippen LogP contribution >= 0.6 is 15.9 Å². The zero-order valence-corrected chi connectivity index (χ0v) is 74.8. The summed E-state index contributed by atoms with van der Waals surface area (Å²) < 4.78 is 20.1. The summed E-state index contributed by atoms with van der Waals surface area (Å²) in [4.78, 5) is 96.4. The number of carboxylic acid groups (broad SMARTS) is 1. The summed E-state index contributed by atoms with van der Waals surface area (Å²) in [6, 6.07) is 34.9. The first-order valence-electron chi connectivity index (χ1n) is 42.3. The Bertz CT molecular complexity index is 3590. The number of alkyl halides is 1. The number of hydrogen-bond acceptors (Lipinski definition) is 17. The topological polar surface area (TPSA) is 316 Å². The number of halogens is 1. The number of carboxylic acids is 1. The van der Waals surface area contributed by atoms with Gasteiger partial charge in [-0.25, -0.2) is 14.6 Å². The van der Waals surface area contributed by atoms with Crippen molar-refractivity contribution >= 4 is 94.5 Å². The number of benzene rings is 4. The Morgan fingerprint density at radius 3 is 1.55 bits per heavy atom. The van der Waals surface area contributed by atoms with Gasteiger partial charge in [-0.15, -0.1) is 17.4 Å². The third kappa shape index (κ3) is 33.1. The van der Waals surface area contributed by atoms with E-state index in [1.807, 2.05) is 116 Å². The van der Waals surface area contributed by atoms with E-state index < -0.39 is 47.0 Å². The molecule has 6 fully saturated rings. The third-order valence-corrected chi connectivity index (χ3v) is 22.8. The normalized spacial score (nSPS) is 19.8. The summed E-state index contributed by atoms with van der Waals surface area (Å²) in [6.45, 7) is 13.6. The number of aliphatic hydroxyl groups excluding tert-OH is 1. The quantitative estimate of drug-likeness (QED) is 0.0170. The Balaban J connectivity index is 0.000000482. The molecule has 0 bridgehead atoms. The second-order valence-corrected chi connectivity index (χ2v) is 37.5. The summed E-state index contributed by atoms with van der Waals surface area (Å²) in [5.41, 5.74) is 9.82. The Hall–Kier alpha value is -6.08. The van der Waals surface area contributed by atoms with E-state index in [0.717, 1.165) is 173 Å². The van der Waals surface area contributed by atoms with Crippen molar-refractivity contribution in [3.05, 3.63) is 131 Å². The van der Waals surface area contributed by atoms with Gasteiger partial charge in [-0.3, -0.25) is 29.0 Å². The molecule has 24 heteroatoms. The maximum Gasteiger partial charge on any atom is 1.00 e. The van der Waals surface area contributed by atoms with Gasteiger partial charge in [0, 0.05) is 54.7 Å². The number of cyclic esters (lactones) is 1. The monoisotopic (exact) mass is 1680 g/mol. The molecule has 4 atom stereocenters. The molecule has 8 aliphatic rings. The molecule has 4 unspecified atom stereocenters. The first kappa shape index (κ1) is 106. The fourth-order valence-corrected chi connectivity index (χ4v) is 16.3. The van der Waals surface area contributed by atoms with E-state index in [4.69, 9.17) is 25.3 Å². The molecule has 116 heavy (non-hydrogen) atoms. The van der Waals surface area contributed by atoms with Gasteiger partial charge in [0.25, 0.3) is 26.0 Å². The van der Waals surface area contributed by atoms with Crippen molar-refractivity contribution in [2.24, 2.45) is 44.3 Å². The number of para-hydroxylation sites is 2. The van der Waals surface area contributed by atoms with Crippen LogP contribution in [0.3, 0.4) is 0 Å². The van der Waals surface area contributed by atoms with Crippen LogP contribution in [0.15, 0.2) is 119 Å². The number of esters is 3. The van der Waals surface area contributed by atoms with Crippen molar-refractivity contribution < 1.29 is 92.2 Å². The van der Waals surface area contributed by atoms with Gasteiger partial charge in [0.05, 0.1) is 59.9 Å². The van der Waals surface area contributed by atoms with E-state index >= 15 is 0 Å². The van der Waals surface area contributed by atoms with Gasteiger partial charge >= 0.3 is 42.7 Å². The average Bonchev–Trinajstić information content (AvgIpc) is 1.64. The number of aliphatic hydroxyl groups is 2. The molecule has 5 aliphatic carbocycles. The van der Waals surface area contributed by atoms with Crippen molar-refractivity contribution in [3.63, 3.8) is 0 Å². The Labute approximate surface area is 720 Å².